The fourth-order valence-corrected chi connectivity index (χ4v) is 2.69. The lowest BCUT2D eigenvalue weighted by Gasteiger charge is -2.12. The molecule has 0 aliphatic heterocycles. The first-order chi connectivity index (χ1) is 10.5. The summed E-state index contributed by atoms with van der Waals surface area (Å²) in [5, 5.41) is 5.80. The number of methoxy groups -OCH3 is 1. The van der Waals surface area contributed by atoms with Crippen molar-refractivity contribution in [3.05, 3.63) is 57.0 Å². The van der Waals surface area contributed by atoms with Crippen molar-refractivity contribution in [1.29, 1.82) is 0 Å². The summed E-state index contributed by atoms with van der Waals surface area (Å²) >= 11 is 11.9. The smallest absolute Gasteiger partial charge is 0.261 e. The molecule has 22 heavy (non-hydrogen) atoms. The maximum Gasteiger partial charge on any atom is 0.261 e. The van der Waals surface area contributed by atoms with Gasteiger partial charge in [0.1, 0.15) is 5.75 Å². The number of amides is 1. The van der Waals surface area contributed by atoms with Crippen molar-refractivity contribution in [3.8, 4) is 5.75 Å². The second-order valence-corrected chi connectivity index (χ2v) is 6.41. The molecule has 0 atom stereocenters. The normalized spacial score (nSPS) is 9.95. The third kappa shape index (κ3) is 4.28. The SMILES string of the molecule is COc1ccc(Br)cc1C(=O)NC(=S)Nc1ccccc1Br. The standard InChI is InChI=1S/C15H12Br2N2O2S/c1-21-13-7-6-9(16)8-10(13)14(20)19-15(22)18-12-5-3-2-4-11(12)17/h2-8H,1H3,(H2,18,19,20,22). The molecule has 7 heteroatoms. The van der Waals surface area contributed by atoms with E-state index in [1.54, 1.807) is 18.2 Å². The molecule has 1 amide bonds. The zero-order valence-electron chi connectivity index (χ0n) is 11.5. The van der Waals surface area contributed by atoms with E-state index in [0.29, 0.717) is 11.3 Å². The molecule has 4 nitrogen and oxygen atoms in total. The van der Waals surface area contributed by atoms with E-state index in [4.69, 9.17) is 17.0 Å². The minimum atomic E-state index is -0.345. The average molecular weight is 444 g/mol. The summed E-state index contributed by atoms with van der Waals surface area (Å²) in [7, 11) is 1.51. The van der Waals surface area contributed by atoms with Crippen LogP contribution in [-0.4, -0.2) is 18.1 Å². The van der Waals surface area contributed by atoms with Crippen molar-refractivity contribution in [2.24, 2.45) is 0 Å². The number of nitrogens with one attached hydrogen (secondary N) is 2. The number of thiocarbonyl (C=S) groups is 1. The van der Waals surface area contributed by atoms with Crippen molar-refractivity contribution in [3.63, 3.8) is 0 Å². The highest BCUT2D eigenvalue weighted by Crippen LogP contribution is 2.23. The number of ether oxygens (including phenoxy) is 1. The number of carbonyl (C=O) groups excluding carboxylic acids is 1. The van der Waals surface area contributed by atoms with Crippen molar-refractivity contribution in [2.75, 3.05) is 12.4 Å². The lowest BCUT2D eigenvalue weighted by Crippen LogP contribution is -2.34. The molecule has 0 fully saturated rings. The van der Waals surface area contributed by atoms with Crippen LogP contribution >= 0.6 is 44.1 Å². The molecule has 0 aliphatic rings. The molecule has 0 radical (unpaired) electrons. The Morgan fingerprint density at radius 1 is 1.18 bits per heavy atom. The summed E-state index contributed by atoms with van der Waals surface area (Å²) < 4.78 is 6.82. The molecule has 2 N–H and O–H groups in total. The third-order valence-electron chi connectivity index (χ3n) is 2.76. The van der Waals surface area contributed by atoms with E-state index in [-0.39, 0.29) is 11.0 Å². The van der Waals surface area contributed by atoms with Crippen LogP contribution in [0.5, 0.6) is 5.75 Å². The Labute approximate surface area is 150 Å². The Hall–Kier alpha value is -1.44. The molecule has 0 unspecified atom stereocenters. The Morgan fingerprint density at radius 3 is 2.59 bits per heavy atom. The number of anilines is 1. The van der Waals surface area contributed by atoms with Gasteiger partial charge in [0.25, 0.3) is 5.91 Å². The second kappa shape index (κ2) is 7.71. The van der Waals surface area contributed by atoms with Gasteiger partial charge in [-0.2, -0.15) is 0 Å². The van der Waals surface area contributed by atoms with Gasteiger partial charge in [0, 0.05) is 8.95 Å². The largest absolute Gasteiger partial charge is 0.496 e. The fourth-order valence-electron chi connectivity index (χ4n) is 1.74. The van der Waals surface area contributed by atoms with E-state index in [1.807, 2.05) is 24.3 Å². The first-order valence-electron chi connectivity index (χ1n) is 6.21. The molecule has 2 aromatic carbocycles. The van der Waals surface area contributed by atoms with Crippen LogP contribution in [-0.2, 0) is 0 Å². The fraction of sp³-hybridized carbons (Fsp3) is 0.0667. The first-order valence-corrected chi connectivity index (χ1v) is 8.21. The van der Waals surface area contributed by atoms with Crippen LogP contribution in [0, 0.1) is 0 Å². The van der Waals surface area contributed by atoms with Crippen LogP contribution in [0.15, 0.2) is 51.4 Å². The van der Waals surface area contributed by atoms with Gasteiger partial charge in [-0.3, -0.25) is 10.1 Å². The number of para-hydroxylation sites is 1. The van der Waals surface area contributed by atoms with E-state index in [0.717, 1.165) is 14.6 Å². The second-order valence-electron chi connectivity index (χ2n) is 4.23. The van der Waals surface area contributed by atoms with Gasteiger partial charge >= 0.3 is 0 Å². The highest BCUT2D eigenvalue weighted by molar-refractivity contribution is 9.10. The number of halogens is 2. The summed E-state index contributed by atoms with van der Waals surface area (Å²) in [4.78, 5) is 12.3. The molecular formula is C15H12Br2N2O2S. The molecule has 0 saturated carbocycles. The van der Waals surface area contributed by atoms with Crippen molar-refractivity contribution >= 4 is 60.8 Å². The van der Waals surface area contributed by atoms with Gasteiger partial charge in [0.15, 0.2) is 5.11 Å². The van der Waals surface area contributed by atoms with Gasteiger partial charge in [0.05, 0.1) is 18.4 Å². The lowest BCUT2D eigenvalue weighted by atomic mass is 10.2. The molecule has 2 aromatic rings. The van der Waals surface area contributed by atoms with Crippen molar-refractivity contribution in [1.82, 2.24) is 5.32 Å². The number of hydrogen-bond acceptors (Lipinski definition) is 3. The van der Waals surface area contributed by atoms with Crippen molar-refractivity contribution < 1.29 is 9.53 Å². The van der Waals surface area contributed by atoms with E-state index in [2.05, 4.69) is 42.5 Å². The molecule has 0 heterocycles. The number of rotatable bonds is 3. The topological polar surface area (TPSA) is 50.4 Å². The predicted octanol–water partition coefficient (Wildman–Crippen LogP) is 4.35. The maximum atomic E-state index is 12.3. The van der Waals surface area contributed by atoms with Crippen LogP contribution in [0.4, 0.5) is 5.69 Å². The molecule has 0 saturated heterocycles. The Bertz CT molecular complexity index is 722. The third-order valence-corrected chi connectivity index (χ3v) is 4.14. The maximum absolute atomic E-state index is 12.3. The predicted molar refractivity (Wildman–Crippen MR) is 98.5 cm³/mol. The van der Waals surface area contributed by atoms with Crippen LogP contribution in [0.1, 0.15) is 10.4 Å². The van der Waals surface area contributed by atoms with Gasteiger partial charge in [-0.05, 0) is 58.5 Å². The minimum absolute atomic E-state index is 0.207. The summed E-state index contributed by atoms with van der Waals surface area (Å²) in [5.74, 6) is 0.132. The van der Waals surface area contributed by atoms with Crippen LogP contribution in [0.2, 0.25) is 0 Å². The van der Waals surface area contributed by atoms with Gasteiger partial charge in [-0.25, -0.2) is 0 Å². The summed E-state index contributed by atoms with van der Waals surface area (Å²) in [6.07, 6.45) is 0. The Balaban J connectivity index is 2.10. The lowest BCUT2D eigenvalue weighted by molar-refractivity contribution is 0.0974. The van der Waals surface area contributed by atoms with E-state index in [9.17, 15) is 4.79 Å². The molecular weight excluding hydrogens is 432 g/mol. The number of carbonyl (C=O) groups is 1. The summed E-state index contributed by atoms with van der Waals surface area (Å²) in [6, 6.07) is 12.7. The van der Waals surface area contributed by atoms with Crippen LogP contribution in [0.3, 0.4) is 0 Å². The minimum Gasteiger partial charge on any atom is -0.496 e. The Kier molecular flexibility index (Phi) is 5.93. The molecule has 0 bridgehead atoms. The quantitative estimate of drug-likeness (QED) is 0.692. The van der Waals surface area contributed by atoms with Crippen LogP contribution in [0.25, 0.3) is 0 Å². The van der Waals surface area contributed by atoms with Crippen molar-refractivity contribution in [2.45, 2.75) is 0 Å². The molecule has 114 valence electrons. The number of benzene rings is 2. The van der Waals surface area contributed by atoms with Gasteiger partial charge in [-0.1, -0.05) is 28.1 Å². The average Bonchev–Trinajstić information content (AvgIpc) is 2.49. The first kappa shape index (κ1) is 16.9. The summed E-state index contributed by atoms with van der Waals surface area (Å²) in [5.41, 5.74) is 1.17. The molecule has 0 aliphatic carbocycles. The van der Waals surface area contributed by atoms with E-state index >= 15 is 0 Å². The van der Waals surface area contributed by atoms with E-state index in [1.165, 1.54) is 7.11 Å². The molecule has 0 spiro atoms. The number of hydrogen-bond donors (Lipinski definition) is 2. The zero-order valence-corrected chi connectivity index (χ0v) is 15.5. The molecule has 0 aromatic heterocycles. The monoisotopic (exact) mass is 442 g/mol. The zero-order chi connectivity index (χ0) is 16.1. The summed E-state index contributed by atoms with van der Waals surface area (Å²) in [6.45, 7) is 0. The van der Waals surface area contributed by atoms with Gasteiger partial charge < -0.3 is 10.1 Å². The van der Waals surface area contributed by atoms with Gasteiger partial charge in [0.2, 0.25) is 0 Å². The highest BCUT2D eigenvalue weighted by atomic mass is 79.9. The molecule has 2 rings (SSSR count). The Morgan fingerprint density at radius 2 is 1.91 bits per heavy atom. The van der Waals surface area contributed by atoms with Gasteiger partial charge in [-0.15, -0.1) is 0 Å². The highest BCUT2D eigenvalue weighted by Gasteiger charge is 2.14. The van der Waals surface area contributed by atoms with E-state index < -0.39 is 0 Å². The van der Waals surface area contributed by atoms with Crippen LogP contribution < -0.4 is 15.4 Å².